The molecule has 1 aromatic carbocycles. The van der Waals surface area contributed by atoms with Crippen LogP contribution in [0.3, 0.4) is 0 Å². The molecule has 0 radical (unpaired) electrons. The van der Waals surface area contributed by atoms with E-state index >= 15 is 0 Å². The Morgan fingerprint density at radius 3 is 2.65 bits per heavy atom. The van der Waals surface area contributed by atoms with Gasteiger partial charge in [0, 0.05) is 17.0 Å². The van der Waals surface area contributed by atoms with Crippen LogP contribution in [0.1, 0.15) is 32.8 Å². The quantitative estimate of drug-likeness (QED) is 0.647. The standard InChI is InChI=1S/C16H21N3O/c1-10(2)8-11(3)20-15-9-13(16(17)18)12-6-4-5-7-14(12)19-15/h4-7,9-11H,8H2,1-3H3,(H3,17,18). The van der Waals surface area contributed by atoms with Crippen molar-refractivity contribution >= 4 is 16.7 Å². The number of fused-ring (bicyclic) bond motifs is 1. The minimum atomic E-state index is 0.0324. The summed E-state index contributed by atoms with van der Waals surface area (Å²) in [6.07, 6.45) is 1.05. The molecule has 0 aliphatic carbocycles. The van der Waals surface area contributed by atoms with Gasteiger partial charge in [-0.05, 0) is 25.3 Å². The van der Waals surface area contributed by atoms with Gasteiger partial charge in [0.05, 0.1) is 11.6 Å². The van der Waals surface area contributed by atoms with Crippen molar-refractivity contribution in [3.8, 4) is 5.88 Å². The number of nitrogens with one attached hydrogen (secondary N) is 1. The number of nitrogen functional groups attached to an aromatic ring is 1. The lowest BCUT2D eigenvalue weighted by Crippen LogP contribution is -2.17. The van der Waals surface area contributed by atoms with Gasteiger partial charge >= 0.3 is 0 Å². The summed E-state index contributed by atoms with van der Waals surface area (Å²) >= 11 is 0. The summed E-state index contributed by atoms with van der Waals surface area (Å²) in [5.74, 6) is 1.13. The van der Waals surface area contributed by atoms with Crippen LogP contribution in [-0.2, 0) is 0 Å². The molecule has 4 heteroatoms. The first-order valence-corrected chi connectivity index (χ1v) is 6.88. The number of rotatable bonds is 5. The first-order chi connectivity index (χ1) is 9.47. The second-order valence-corrected chi connectivity index (χ2v) is 5.50. The van der Waals surface area contributed by atoms with Gasteiger partial charge in [0.2, 0.25) is 5.88 Å². The van der Waals surface area contributed by atoms with Crippen LogP contribution in [0.25, 0.3) is 10.9 Å². The predicted molar refractivity (Wildman–Crippen MR) is 82.3 cm³/mol. The molecule has 0 bridgehead atoms. The number of nitrogens with two attached hydrogens (primary N) is 1. The zero-order valence-corrected chi connectivity index (χ0v) is 12.2. The predicted octanol–water partition coefficient (Wildman–Crippen LogP) is 3.33. The third-order valence-electron chi connectivity index (χ3n) is 3.11. The summed E-state index contributed by atoms with van der Waals surface area (Å²) in [6.45, 7) is 6.35. The Balaban J connectivity index is 2.37. The third kappa shape index (κ3) is 3.26. The topological polar surface area (TPSA) is 72.0 Å². The average Bonchev–Trinajstić information content (AvgIpc) is 2.36. The van der Waals surface area contributed by atoms with Gasteiger partial charge in [-0.25, -0.2) is 4.98 Å². The molecule has 2 rings (SSSR count). The molecule has 2 aromatic rings. The van der Waals surface area contributed by atoms with Gasteiger partial charge in [-0.15, -0.1) is 0 Å². The second-order valence-electron chi connectivity index (χ2n) is 5.50. The van der Waals surface area contributed by atoms with E-state index in [1.165, 1.54) is 0 Å². The molecule has 1 heterocycles. The smallest absolute Gasteiger partial charge is 0.214 e. The SMILES string of the molecule is CC(C)CC(C)Oc1cc(C(=N)N)c2ccccc2n1. The van der Waals surface area contributed by atoms with E-state index in [0.29, 0.717) is 17.4 Å². The van der Waals surface area contributed by atoms with Crippen molar-refractivity contribution in [2.24, 2.45) is 11.7 Å². The number of hydrogen-bond donors (Lipinski definition) is 2. The lowest BCUT2D eigenvalue weighted by molar-refractivity contribution is 0.186. The Hall–Kier alpha value is -2.10. The molecule has 0 saturated heterocycles. The van der Waals surface area contributed by atoms with E-state index in [1.54, 1.807) is 6.07 Å². The number of pyridine rings is 1. The van der Waals surface area contributed by atoms with Crippen LogP contribution in [0.15, 0.2) is 30.3 Å². The van der Waals surface area contributed by atoms with E-state index in [-0.39, 0.29) is 11.9 Å². The van der Waals surface area contributed by atoms with Gasteiger partial charge in [-0.2, -0.15) is 0 Å². The minimum Gasteiger partial charge on any atom is -0.475 e. The maximum Gasteiger partial charge on any atom is 0.214 e. The van der Waals surface area contributed by atoms with Crippen LogP contribution < -0.4 is 10.5 Å². The highest BCUT2D eigenvalue weighted by atomic mass is 16.5. The van der Waals surface area contributed by atoms with Crippen molar-refractivity contribution in [2.75, 3.05) is 0 Å². The highest BCUT2D eigenvalue weighted by Crippen LogP contribution is 2.23. The Kier molecular flexibility index (Phi) is 4.23. The summed E-state index contributed by atoms with van der Waals surface area (Å²) in [6, 6.07) is 9.41. The van der Waals surface area contributed by atoms with Gasteiger partial charge in [-0.1, -0.05) is 32.0 Å². The average molecular weight is 271 g/mol. The van der Waals surface area contributed by atoms with Crippen LogP contribution in [0, 0.1) is 11.3 Å². The fourth-order valence-corrected chi connectivity index (χ4v) is 2.35. The zero-order valence-electron chi connectivity index (χ0n) is 12.2. The molecule has 3 N–H and O–H groups in total. The summed E-state index contributed by atoms with van der Waals surface area (Å²) in [5.41, 5.74) is 7.13. The van der Waals surface area contributed by atoms with Crippen molar-refractivity contribution in [3.63, 3.8) is 0 Å². The summed E-state index contributed by atoms with van der Waals surface area (Å²) in [7, 11) is 0. The molecule has 1 atom stereocenters. The molecule has 1 unspecified atom stereocenters. The maximum atomic E-state index is 7.70. The molecule has 20 heavy (non-hydrogen) atoms. The molecule has 0 amide bonds. The molecule has 0 fully saturated rings. The Bertz CT molecular complexity index is 622. The third-order valence-corrected chi connectivity index (χ3v) is 3.11. The van der Waals surface area contributed by atoms with Crippen LogP contribution in [0.2, 0.25) is 0 Å². The monoisotopic (exact) mass is 271 g/mol. The normalized spacial score (nSPS) is 12.6. The van der Waals surface area contributed by atoms with E-state index in [2.05, 4.69) is 18.8 Å². The van der Waals surface area contributed by atoms with Gasteiger partial charge in [0.15, 0.2) is 0 Å². The molecular formula is C16H21N3O. The van der Waals surface area contributed by atoms with Gasteiger partial charge in [-0.3, -0.25) is 5.41 Å². The van der Waals surface area contributed by atoms with Gasteiger partial charge < -0.3 is 10.5 Å². The molecule has 0 aliphatic heterocycles. The number of para-hydroxylation sites is 1. The highest BCUT2D eigenvalue weighted by molar-refractivity contribution is 6.06. The minimum absolute atomic E-state index is 0.0324. The van der Waals surface area contributed by atoms with Crippen molar-refractivity contribution in [1.82, 2.24) is 4.98 Å². The summed E-state index contributed by atoms with van der Waals surface area (Å²) in [4.78, 5) is 4.49. The first-order valence-electron chi connectivity index (χ1n) is 6.88. The van der Waals surface area contributed by atoms with Crippen LogP contribution in [0.4, 0.5) is 0 Å². The first kappa shape index (κ1) is 14.3. The summed E-state index contributed by atoms with van der Waals surface area (Å²) < 4.78 is 5.86. The van der Waals surface area contributed by atoms with Crippen molar-refractivity contribution in [1.29, 1.82) is 5.41 Å². The van der Waals surface area contributed by atoms with Crippen molar-refractivity contribution < 1.29 is 4.74 Å². The molecule has 4 nitrogen and oxygen atoms in total. The van der Waals surface area contributed by atoms with Crippen LogP contribution >= 0.6 is 0 Å². The Morgan fingerprint density at radius 2 is 2.00 bits per heavy atom. The number of amidine groups is 1. The molecular weight excluding hydrogens is 250 g/mol. The summed E-state index contributed by atoms with van der Waals surface area (Å²) in [5, 5.41) is 8.58. The number of aromatic nitrogens is 1. The highest BCUT2D eigenvalue weighted by Gasteiger charge is 2.12. The van der Waals surface area contributed by atoms with E-state index < -0.39 is 0 Å². The molecule has 106 valence electrons. The number of nitrogens with zero attached hydrogens (tertiary/aromatic N) is 1. The lowest BCUT2D eigenvalue weighted by Gasteiger charge is -2.17. The largest absolute Gasteiger partial charge is 0.475 e. The molecule has 1 aromatic heterocycles. The van der Waals surface area contributed by atoms with E-state index in [4.69, 9.17) is 15.9 Å². The van der Waals surface area contributed by atoms with Crippen LogP contribution in [0.5, 0.6) is 5.88 Å². The fraction of sp³-hybridized carbons (Fsp3) is 0.375. The van der Waals surface area contributed by atoms with Crippen LogP contribution in [-0.4, -0.2) is 16.9 Å². The van der Waals surface area contributed by atoms with Gasteiger partial charge in [0.25, 0.3) is 0 Å². The van der Waals surface area contributed by atoms with E-state index in [0.717, 1.165) is 17.3 Å². The number of benzene rings is 1. The number of ether oxygens (including phenoxy) is 1. The van der Waals surface area contributed by atoms with Gasteiger partial charge in [0.1, 0.15) is 5.84 Å². The second kappa shape index (κ2) is 5.90. The lowest BCUT2D eigenvalue weighted by atomic mass is 10.1. The van der Waals surface area contributed by atoms with E-state index in [9.17, 15) is 0 Å². The molecule has 0 spiro atoms. The van der Waals surface area contributed by atoms with Crippen molar-refractivity contribution in [2.45, 2.75) is 33.3 Å². The Morgan fingerprint density at radius 1 is 1.30 bits per heavy atom. The van der Waals surface area contributed by atoms with Crippen molar-refractivity contribution in [3.05, 3.63) is 35.9 Å². The maximum absolute atomic E-state index is 7.70. The fourth-order valence-electron chi connectivity index (χ4n) is 2.35. The zero-order chi connectivity index (χ0) is 14.7. The van der Waals surface area contributed by atoms with E-state index in [1.807, 2.05) is 31.2 Å². The molecule has 0 saturated carbocycles. The number of hydrogen-bond acceptors (Lipinski definition) is 3. The molecule has 0 aliphatic rings. The Labute approximate surface area is 119 Å².